The van der Waals surface area contributed by atoms with Crippen molar-refractivity contribution in [2.24, 2.45) is 17.3 Å². The number of methoxy groups -OCH3 is 1. The van der Waals surface area contributed by atoms with Crippen LogP contribution in [0.4, 0.5) is 0 Å². The molecule has 1 aliphatic heterocycles. The molecular weight excluding hydrogens is 264 g/mol. The van der Waals surface area contributed by atoms with E-state index in [-0.39, 0.29) is 11.5 Å². The Bertz CT molecular complexity index is 723. The zero-order valence-electron chi connectivity index (χ0n) is 12.1. The topological polar surface area (TPSA) is 35.5 Å². The maximum atomic E-state index is 12.6. The third kappa shape index (κ3) is 0.957. The van der Waals surface area contributed by atoms with Crippen LogP contribution in [0, 0.1) is 17.3 Å². The normalized spacial score (nSPS) is 46.7. The van der Waals surface area contributed by atoms with Crippen molar-refractivity contribution in [3.05, 3.63) is 23.3 Å². The number of fused-ring (bicyclic) bond motifs is 1. The van der Waals surface area contributed by atoms with Crippen LogP contribution in [-0.2, 0) is 16.6 Å². The molecule has 1 aromatic rings. The first-order valence-electron chi connectivity index (χ1n) is 8.09. The maximum absolute atomic E-state index is 12.6. The van der Waals surface area contributed by atoms with E-state index in [9.17, 15) is 4.79 Å². The van der Waals surface area contributed by atoms with Gasteiger partial charge in [-0.1, -0.05) is 6.07 Å². The Morgan fingerprint density at radius 1 is 1.33 bits per heavy atom. The van der Waals surface area contributed by atoms with Gasteiger partial charge >= 0.3 is 0 Å². The third-order valence-electron chi connectivity index (χ3n) is 7.18. The Morgan fingerprint density at radius 3 is 3.10 bits per heavy atom. The van der Waals surface area contributed by atoms with E-state index in [1.165, 1.54) is 30.4 Å². The van der Waals surface area contributed by atoms with Crippen LogP contribution < -0.4 is 9.47 Å². The lowest BCUT2D eigenvalue weighted by Gasteiger charge is -2.44. The number of Topliss-reactive ketones (excluding diaryl/α,β-unsaturated/α-hetero) is 1. The van der Waals surface area contributed by atoms with Gasteiger partial charge in [0.2, 0.25) is 0 Å². The molecule has 3 saturated carbocycles. The highest BCUT2D eigenvalue weighted by molar-refractivity contribution is 5.89. The van der Waals surface area contributed by atoms with Gasteiger partial charge in [-0.3, -0.25) is 4.79 Å². The van der Waals surface area contributed by atoms with Crippen LogP contribution in [-0.4, -0.2) is 19.0 Å². The average Bonchev–Trinajstić information content (AvgIpc) is 2.93. The fourth-order valence-corrected chi connectivity index (χ4v) is 6.56. The summed E-state index contributed by atoms with van der Waals surface area (Å²) in [5.74, 6) is 3.50. The van der Waals surface area contributed by atoms with Gasteiger partial charge in [-0.15, -0.1) is 0 Å². The number of carbonyl (C=O) groups is 1. The Balaban J connectivity index is 1.70. The Hall–Kier alpha value is -1.51. The Morgan fingerprint density at radius 2 is 2.24 bits per heavy atom. The molecule has 5 aliphatic rings. The summed E-state index contributed by atoms with van der Waals surface area (Å²) in [6, 6.07) is 4.25. The van der Waals surface area contributed by atoms with E-state index in [4.69, 9.17) is 9.47 Å². The molecule has 21 heavy (non-hydrogen) atoms. The molecule has 0 saturated heterocycles. The molecule has 3 fully saturated rings. The minimum Gasteiger partial charge on any atom is -0.493 e. The van der Waals surface area contributed by atoms with Gasteiger partial charge in [0, 0.05) is 17.4 Å². The van der Waals surface area contributed by atoms with Crippen LogP contribution in [0.25, 0.3) is 0 Å². The quantitative estimate of drug-likeness (QED) is 0.794. The van der Waals surface area contributed by atoms with Crippen LogP contribution in [0.15, 0.2) is 12.1 Å². The molecule has 3 nitrogen and oxygen atoms in total. The van der Waals surface area contributed by atoms with Crippen molar-refractivity contribution in [2.45, 2.75) is 43.6 Å². The van der Waals surface area contributed by atoms with Crippen LogP contribution in [0.2, 0.25) is 0 Å². The Kier molecular flexibility index (Phi) is 1.58. The highest BCUT2D eigenvalue weighted by Gasteiger charge is 2.78. The molecule has 5 atom stereocenters. The van der Waals surface area contributed by atoms with Crippen molar-refractivity contribution in [1.82, 2.24) is 0 Å². The van der Waals surface area contributed by atoms with E-state index >= 15 is 0 Å². The maximum Gasteiger partial charge on any atom is 0.174 e. The van der Waals surface area contributed by atoms with Crippen LogP contribution in [0.5, 0.6) is 11.5 Å². The van der Waals surface area contributed by atoms with Crippen molar-refractivity contribution < 1.29 is 14.3 Å². The lowest BCUT2D eigenvalue weighted by atomic mass is 9.58. The number of ketones is 1. The molecule has 6 rings (SSSR count). The summed E-state index contributed by atoms with van der Waals surface area (Å²) in [5.41, 5.74) is 3.28. The van der Waals surface area contributed by atoms with E-state index in [0.29, 0.717) is 23.5 Å². The van der Waals surface area contributed by atoms with E-state index in [1.807, 2.05) is 6.07 Å². The number of rotatable bonds is 1. The number of hydrogen-bond acceptors (Lipinski definition) is 3. The summed E-state index contributed by atoms with van der Waals surface area (Å²) >= 11 is 0. The number of carbonyl (C=O) groups excluding carboxylic acids is 1. The van der Waals surface area contributed by atoms with Gasteiger partial charge in [0.15, 0.2) is 23.4 Å². The molecule has 1 aromatic carbocycles. The second-order valence-electron chi connectivity index (χ2n) is 7.81. The molecule has 2 bridgehead atoms. The highest BCUT2D eigenvalue weighted by atomic mass is 16.5. The minimum atomic E-state index is -0.230. The minimum absolute atomic E-state index is 0.00426. The van der Waals surface area contributed by atoms with Crippen LogP contribution in [0.3, 0.4) is 0 Å². The molecule has 0 radical (unpaired) electrons. The lowest BCUT2D eigenvalue weighted by Crippen LogP contribution is -2.52. The second kappa shape index (κ2) is 2.99. The summed E-state index contributed by atoms with van der Waals surface area (Å²) in [6.07, 6.45) is 5.29. The number of benzene rings is 1. The lowest BCUT2D eigenvalue weighted by molar-refractivity contribution is -0.132. The van der Waals surface area contributed by atoms with Crippen LogP contribution >= 0.6 is 0 Å². The highest BCUT2D eigenvalue weighted by Crippen LogP contribution is 2.81. The van der Waals surface area contributed by atoms with E-state index in [2.05, 4.69) is 6.07 Å². The third-order valence-corrected chi connectivity index (χ3v) is 7.18. The van der Waals surface area contributed by atoms with Crippen molar-refractivity contribution in [3.8, 4) is 11.5 Å². The fraction of sp³-hybridized carbons (Fsp3) is 0.611. The predicted molar refractivity (Wildman–Crippen MR) is 75.7 cm³/mol. The monoisotopic (exact) mass is 282 g/mol. The smallest absolute Gasteiger partial charge is 0.174 e. The molecule has 2 unspecified atom stereocenters. The van der Waals surface area contributed by atoms with Crippen molar-refractivity contribution in [1.29, 1.82) is 0 Å². The summed E-state index contributed by atoms with van der Waals surface area (Å²) in [4.78, 5) is 12.6. The molecule has 0 aromatic heterocycles. The zero-order chi connectivity index (χ0) is 14.0. The van der Waals surface area contributed by atoms with Gasteiger partial charge < -0.3 is 9.47 Å². The molecule has 4 aliphatic carbocycles. The molecular formula is C18H18O3. The first-order valence-corrected chi connectivity index (χ1v) is 8.09. The summed E-state index contributed by atoms with van der Waals surface area (Å²) < 4.78 is 11.8. The first-order chi connectivity index (χ1) is 10.2. The van der Waals surface area contributed by atoms with Gasteiger partial charge in [-0.2, -0.15) is 0 Å². The zero-order valence-corrected chi connectivity index (χ0v) is 12.1. The summed E-state index contributed by atoms with van der Waals surface area (Å²) in [5, 5.41) is 0. The molecule has 108 valence electrons. The van der Waals surface area contributed by atoms with E-state index < -0.39 is 0 Å². The first kappa shape index (κ1) is 11.1. The Labute approximate surface area is 123 Å². The SMILES string of the molecule is COc1ccc2c3c1O[C@H]1C(=O)CCC4[C@@H]5CC5(C2)C[C@@]341. The van der Waals surface area contributed by atoms with Gasteiger partial charge in [0.1, 0.15) is 0 Å². The second-order valence-corrected chi connectivity index (χ2v) is 7.81. The van der Waals surface area contributed by atoms with Gasteiger partial charge in [0.05, 0.1) is 7.11 Å². The van der Waals surface area contributed by atoms with E-state index in [0.717, 1.165) is 23.8 Å². The standard InChI is InChI=1S/C18H18O3/c1-20-13-5-2-9-6-17-7-11(17)10-3-4-12(19)16-18(10,8-17)14(9)15(13)21-16/h2,5,10-11,16H,3-4,6-8H2,1H3/t10?,11-,16-,17?,18-/m0/s1. The largest absolute Gasteiger partial charge is 0.493 e. The predicted octanol–water partition coefficient (Wildman–Crippen LogP) is 2.64. The van der Waals surface area contributed by atoms with Crippen molar-refractivity contribution >= 4 is 5.78 Å². The van der Waals surface area contributed by atoms with Gasteiger partial charge in [-0.05, 0) is 54.6 Å². The van der Waals surface area contributed by atoms with Crippen molar-refractivity contribution in [3.63, 3.8) is 0 Å². The average molecular weight is 282 g/mol. The number of hydrogen-bond donors (Lipinski definition) is 0. The molecule has 2 spiro atoms. The molecule has 3 heteroatoms. The van der Waals surface area contributed by atoms with Gasteiger partial charge in [0.25, 0.3) is 0 Å². The molecule has 0 amide bonds. The summed E-state index contributed by atoms with van der Waals surface area (Å²) in [7, 11) is 1.69. The van der Waals surface area contributed by atoms with Crippen LogP contribution in [0.1, 0.15) is 36.8 Å². The fourth-order valence-electron chi connectivity index (χ4n) is 6.56. The van der Waals surface area contributed by atoms with E-state index in [1.54, 1.807) is 7.11 Å². The molecule has 0 N–H and O–H groups in total. The molecule has 1 heterocycles. The van der Waals surface area contributed by atoms with Gasteiger partial charge in [-0.25, -0.2) is 0 Å². The summed E-state index contributed by atoms with van der Waals surface area (Å²) in [6.45, 7) is 0. The number of ether oxygens (including phenoxy) is 2. The van der Waals surface area contributed by atoms with Crippen molar-refractivity contribution in [2.75, 3.05) is 7.11 Å².